The molecule has 1 heterocycles. The molecule has 0 aliphatic carbocycles. The van der Waals surface area contributed by atoms with E-state index in [1.54, 1.807) is 4.90 Å². The molecule has 24 heavy (non-hydrogen) atoms. The predicted octanol–water partition coefficient (Wildman–Crippen LogP) is 2.99. The van der Waals surface area contributed by atoms with Crippen LogP contribution >= 0.6 is 12.6 Å². The van der Waals surface area contributed by atoms with Crippen molar-refractivity contribution in [3.63, 3.8) is 0 Å². The van der Waals surface area contributed by atoms with Crippen molar-refractivity contribution in [2.45, 2.75) is 46.6 Å². The van der Waals surface area contributed by atoms with E-state index in [0.29, 0.717) is 13.2 Å². The molecule has 2 rings (SSSR count). The molecule has 136 valence electrons. The van der Waals surface area contributed by atoms with Gasteiger partial charge in [-0.05, 0) is 31.9 Å². The minimum atomic E-state index is -0.139. The van der Waals surface area contributed by atoms with Crippen LogP contribution in [0, 0.1) is 6.92 Å². The number of aliphatic hydroxyl groups excluding tert-OH is 1. The van der Waals surface area contributed by atoms with Crippen LogP contribution in [0.15, 0.2) is 24.3 Å². The summed E-state index contributed by atoms with van der Waals surface area (Å²) in [6.45, 7) is 8.87. The third-order valence-electron chi connectivity index (χ3n) is 3.27. The number of ether oxygens (including phenoxy) is 1. The van der Waals surface area contributed by atoms with Crippen LogP contribution in [0.4, 0.5) is 5.69 Å². The zero-order chi connectivity index (χ0) is 18.5. The molecule has 1 N–H and O–H groups in total. The van der Waals surface area contributed by atoms with E-state index in [-0.39, 0.29) is 23.7 Å². The van der Waals surface area contributed by atoms with Gasteiger partial charge in [-0.15, -0.1) is 12.6 Å². The molecule has 6 heteroatoms. The Bertz CT molecular complexity index is 482. The fourth-order valence-corrected chi connectivity index (χ4v) is 1.80. The Morgan fingerprint density at radius 2 is 1.79 bits per heavy atom. The van der Waals surface area contributed by atoms with Gasteiger partial charge in [0.15, 0.2) is 5.12 Å². The Morgan fingerprint density at radius 1 is 1.29 bits per heavy atom. The zero-order valence-electron chi connectivity index (χ0n) is 15.0. The predicted molar refractivity (Wildman–Crippen MR) is 101 cm³/mol. The summed E-state index contributed by atoms with van der Waals surface area (Å²) in [5, 5.41) is 8.53. The van der Waals surface area contributed by atoms with Gasteiger partial charge in [-0.1, -0.05) is 31.5 Å². The van der Waals surface area contributed by atoms with Crippen LogP contribution < -0.4 is 4.90 Å². The summed E-state index contributed by atoms with van der Waals surface area (Å²) in [5.74, 6) is 0.0418. The molecule has 0 aromatic heterocycles. The second-order valence-corrected chi connectivity index (χ2v) is 6.05. The number of aliphatic hydroxyl groups is 1. The lowest BCUT2D eigenvalue weighted by atomic mass is 10.2. The summed E-state index contributed by atoms with van der Waals surface area (Å²) in [6, 6.07) is 7.97. The number of hydrogen-bond acceptors (Lipinski definition) is 4. The van der Waals surface area contributed by atoms with Crippen LogP contribution in [0.2, 0.25) is 0 Å². The monoisotopic (exact) mass is 355 g/mol. The number of thiol groups is 1. The summed E-state index contributed by atoms with van der Waals surface area (Å²) in [4.78, 5) is 22.6. The maximum absolute atomic E-state index is 11.5. The molecule has 1 amide bonds. The highest BCUT2D eigenvalue weighted by atomic mass is 32.1. The Hall–Kier alpha value is -1.37. The van der Waals surface area contributed by atoms with Crippen molar-refractivity contribution in [3.05, 3.63) is 29.8 Å². The zero-order valence-corrected chi connectivity index (χ0v) is 15.9. The van der Waals surface area contributed by atoms with Crippen LogP contribution in [-0.2, 0) is 14.3 Å². The fraction of sp³-hybridized carbons (Fsp3) is 0.556. The van der Waals surface area contributed by atoms with Crippen LogP contribution in [0.25, 0.3) is 0 Å². The first-order valence-corrected chi connectivity index (χ1v) is 8.58. The van der Waals surface area contributed by atoms with Crippen molar-refractivity contribution in [2.24, 2.45) is 0 Å². The van der Waals surface area contributed by atoms with E-state index in [2.05, 4.69) is 12.6 Å². The first kappa shape index (κ1) is 22.6. The lowest BCUT2D eigenvalue weighted by Gasteiger charge is -2.26. The topological polar surface area (TPSA) is 66.8 Å². The number of carbonyl (C=O) groups excluding carboxylic acids is 2. The molecule has 0 spiro atoms. The van der Waals surface area contributed by atoms with Gasteiger partial charge in [0.05, 0.1) is 12.7 Å². The summed E-state index contributed by atoms with van der Waals surface area (Å²) in [7, 11) is 0. The second-order valence-electron chi connectivity index (χ2n) is 5.42. The fourth-order valence-electron chi connectivity index (χ4n) is 1.80. The smallest absolute Gasteiger partial charge is 0.253 e. The standard InChI is InChI=1S/C11H13NO2.C5H12O.C2H4OS/c1-9-2-4-10(5-3-9)12-6-7-14-8-11(12)13;1-3-5(6)4-2;1-2(3)4/h2-5H,6-8H2,1H3;5-6H,3-4H2,1-2H3;1H3,(H,3,4). The average Bonchev–Trinajstić information content (AvgIpc) is 2.55. The summed E-state index contributed by atoms with van der Waals surface area (Å²) >= 11 is 3.33. The highest BCUT2D eigenvalue weighted by Crippen LogP contribution is 2.16. The molecule has 1 aromatic carbocycles. The number of aryl methyl sites for hydroxylation is 1. The van der Waals surface area contributed by atoms with E-state index < -0.39 is 0 Å². The molecule has 0 saturated carbocycles. The quantitative estimate of drug-likeness (QED) is 0.818. The van der Waals surface area contributed by atoms with Crippen LogP contribution in [0.5, 0.6) is 0 Å². The van der Waals surface area contributed by atoms with Crippen LogP contribution in [-0.4, -0.2) is 42.0 Å². The number of nitrogens with zero attached hydrogens (tertiary/aromatic N) is 1. The van der Waals surface area contributed by atoms with Crippen molar-refractivity contribution >= 4 is 29.3 Å². The Kier molecular flexibility index (Phi) is 12.2. The average molecular weight is 356 g/mol. The van der Waals surface area contributed by atoms with Crippen LogP contribution in [0.3, 0.4) is 0 Å². The number of morpholine rings is 1. The third kappa shape index (κ3) is 10.4. The number of rotatable bonds is 3. The Labute approximate surface area is 150 Å². The molecule has 0 bridgehead atoms. The van der Waals surface area contributed by atoms with Crippen molar-refractivity contribution in [1.82, 2.24) is 0 Å². The number of hydrogen-bond donors (Lipinski definition) is 2. The van der Waals surface area contributed by atoms with Gasteiger partial charge in [-0.25, -0.2) is 0 Å². The Balaban J connectivity index is 0.000000443. The minimum Gasteiger partial charge on any atom is -0.393 e. The molecule has 5 nitrogen and oxygen atoms in total. The minimum absolute atomic E-state index is 0.0418. The first-order valence-electron chi connectivity index (χ1n) is 8.14. The van der Waals surface area contributed by atoms with Crippen molar-refractivity contribution in [1.29, 1.82) is 0 Å². The molecule has 0 atom stereocenters. The van der Waals surface area contributed by atoms with Gasteiger partial charge in [0.1, 0.15) is 6.61 Å². The van der Waals surface area contributed by atoms with E-state index in [9.17, 15) is 9.59 Å². The molecule has 0 radical (unpaired) electrons. The van der Waals surface area contributed by atoms with Gasteiger partial charge in [0.25, 0.3) is 5.91 Å². The van der Waals surface area contributed by atoms with Crippen LogP contribution in [0.1, 0.15) is 39.2 Å². The molecule has 1 fully saturated rings. The van der Waals surface area contributed by atoms with E-state index in [0.717, 1.165) is 18.5 Å². The molecular weight excluding hydrogens is 326 g/mol. The van der Waals surface area contributed by atoms with Crippen molar-refractivity contribution < 1.29 is 19.4 Å². The van der Waals surface area contributed by atoms with Gasteiger partial charge in [-0.3, -0.25) is 9.59 Å². The van der Waals surface area contributed by atoms with E-state index in [4.69, 9.17) is 9.84 Å². The molecular formula is C18H29NO4S. The first-order chi connectivity index (χ1) is 11.3. The van der Waals surface area contributed by atoms with E-state index >= 15 is 0 Å². The Morgan fingerprint density at radius 3 is 2.17 bits per heavy atom. The van der Waals surface area contributed by atoms with Gasteiger partial charge < -0.3 is 14.7 Å². The number of anilines is 1. The van der Waals surface area contributed by atoms with E-state index in [1.807, 2.05) is 45.0 Å². The number of carbonyl (C=O) groups is 2. The molecule has 1 aliphatic heterocycles. The highest BCUT2D eigenvalue weighted by molar-refractivity contribution is 7.96. The maximum atomic E-state index is 11.5. The van der Waals surface area contributed by atoms with Gasteiger partial charge in [-0.2, -0.15) is 0 Å². The third-order valence-corrected chi connectivity index (χ3v) is 3.27. The lowest BCUT2D eigenvalue weighted by molar-refractivity contribution is -0.125. The molecule has 0 unspecified atom stereocenters. The van der Waals surface area contributed by atoms with Gasteiger partial charge >= 0.3 is 0 Å². The number of amides is 1. The van der Waals surface area contributed by atoms with E-state index in [1.165, 1.54) is 12.5 Å². The molecule has 1 saturated heterocycles. The molecule has 1 aliphatic rings. The largest absolute Gasteiger partial charge is 0.393 e. The van der Waals surface area contributed by atoms with Crippen molar-refractivity contribution in [3.8, 4) is 0 Å². The second kappa shape index (κ2) is 13.0. The summed E-state index contributed by atoms with van der Waals surface area (Å²) < 4.78 is 5.07. The van der Waals surface area contributed by atoms with Crippen molar-refractivity contribution in [2.75, 3.05) is 24.7 Å². The summed E-state index contributed by atoms with van der Waals surface area (Å²) in [6.07, 6.45) is 1.71. The molecule has 1 aromatic rings. The highest BCUT2D eigenvalue weighted by Gasteiger charge is 2.19. The number of benzene rings is 1. The lowest BCUT2D eigenvalue weighted by Crippen LogP contribution is -2.41. The maximum Gasteiger partial charge on any atom is 0.253 e. The van der Waals surface area contributed by atoms with Gasteiger partial charge in [0.2, 0.25) is 0 Å². The normalized spacial score (nSPS) is 13.6. The summed E-state index contributed by atoms with van der Waals surface area (Å²) in [5.41, 5.74) is 2.17. The van der Waals surface area contributed by atoms with Gasteiger partial charge in [0, 0.05) is 19.2 Å². The SMILES string of the molecule is CC(=O)S.CCC(O)CC.Cc1ccc(N2CCOCC2=O)cc1.